The van der Waals surface area contributed by atoms with Crippen molar-refractivity contribution in [3.05, 3.63) is 142 Å². The molecule has 2 aliphatic carbocycles. The maximum Gasteiger partial charge on any atom is 0.357 e. The van der Waals surface area contributed by atoms with E-state index in [0.29, 0.717) is 5.75 Å². The molecular formula is C37H35FN2O4S. The predicted molar refractivity (Wildman–Crippen MR) is 174 cm³/mol. The van der Waals surface area contributed by atoms with E-state index >= 15 is 0 Å². The molecule has 2 N–H and O–H groups in total. The topological polar surface area (TPSA) is 78.9 Å². The lowest BCUT2D eigenvalue weighted by Crippen LogP contribution is -2.75. The molecule has 0 saturated carbocycles. The van der Waals surface area contributed by atoms with E-state index < -0.39 is 40.7 Å². The van der Waals surface area contributed by atoms with Crippen LogP contribution in [-0.2, 0) is 19.9 Å². The number of rotatable bonds is 9. The fraction of sp³-hybridized carbons (Fsp3) is 0.243. The van der Waals surface area contributed by atoms with E-state index in [-0.39, 0.29) is 5.82 Å². The van der Waals surface area contributed by atoms with Crippen molar-refractivity contribution >= 4 is 23.6 Å². The summed E-state index contributed by atoms with van der Waals surface area (Å²) in [7, 11) is 0. The molecule has 0 aromatic heterocycles. The van der Waals surface area contributed by atoms with Crippen LogP contribution in [0.3, 0.4) is 0 Å². The summed E-state index contributed by atoms with van der Waals surface area (Å²) in [4.78, 5) is 27.5. The van der Waals surface area contributed by atoms with Gasteiger partial charge in [0.1, 0.15) is 22.8 Å². The van der Waals surface area contributed by atoms with Gasteiger partial charge in [-0.2, -0.15) is 0 Å². The lowest BCUT2D eigenvalue weighted by molar-refractivity contribution is -0.189. The third-order valence-corrected chi connectivity index (χ3v) is 8.75. The molecule has 3 aromatic rings. The number of ether oxygens (including phenoxy) is 1. The van der Waals surface area contributed by atoms with Crippen LogP contribution in [0.5, 0.6) is 0 Å². The molecule has 1 aliphatic heterocycles. The average molecular weight is 623 g/mol. The van der Waals surface area contributed by atoms with E-state index in [1.165, 1.54) is 17.8 Å². The number of carbonyl (C=O) groups excluding carboxylic acids is 2. The van der Waals surface area contributed by atoms with E-state index in [1.54, 1.807) is 26.8 Å². The maximum atomic E-state index is 13.6. The number of terminal acetylenes is 1. The molecule has 1 heterocycles. The van der Waals surface area contributed by atoms with Gasteiger partial charge in [-0.25, -0.2) is 9.18 Å². The highest BCUT2D eigenvalue weighted by Gasteiger charge is 2.56. The molecule has 0 spiro atoms. The number of amides is 1. The first-order valence-corrected chi connectivity index (χ1v) is 15.6. The molecule has 45 heavy (non-hydrogen) atoms. The second kappa shape index (κ2) is 13.3. The number of carbonyl (C=O) groups is 2. The molecule has 1 saturated heterocycles. The van der Waals surface area contributed by atoms with E-state index in [0.717, 1.165) is 32.0 Å². The number of hydrogen-bond acceptors (Lipinski definition) is 6. The number of nitrogens with one attached hydrogen (secondary N) is 1. The molecule has 1 amide bonds. The summed E-state index contributed by atoms with van der Waals surface area (Å²) < 4.78 is 17.3. The van der Waals surface area contributed by atoms with Gasteiger partial charge in [-0.1, -0.05) is 109 Å². The number of β-lactam (4-membered cyclic amide) rings is 1. The standard InChI is InChI=1S/C31H32N2O4S.C6H3F/c1-5-21-38-28-25(26(34)33(28)27(35)29(36)37-30(2,3)4)32-31(22-15-9-6-10-16-22,23-17-11-7-12-18-23)24-19-13-8-14-20-24;7-6-3-4-1-2-5(4)6/h1,6-20,25,27-28,32,35H,21H2,2-4H3;1-3H. The van der Waals surface area contributed by atoms with Crippen LogP contribution in [0.4, 0.5) is 4.39 Å². The Labute approximate surface area is 266 Å². The zero-order chi connectivity index (χ0) is 32.2. The van der Waals surface area contributed by atoms with Crippen molar-refractivity contribution in [2.75, 3.05) is 5.75 Å². The van der Waals surface area contributed by atoms with Gasteiger partial charge in [-0.05, 0) is 48.7 Å². The number of esters is 1. The number of benzene rings is 4. The first kappa shape index (κ1) is 32.0. The largest absolute Gasteiger partial charge is 0.457 e. The van der Waals surface area contributed by atoms with Crippen LogP contribution in [-0.4, -0.2) is 50.9 Å². The number of hydrogen-bond donors (Lipinski definition) is 2. The summed E-state index contributed by atoms with van der Waals surface area (Å²) in [6.07, 6.45) is 3.81. The molecule has 3 aromatic carbocycles. The third-order valence-electron chi connectivity index (χ3n) is 7.57. The van der Waals surface area contributed by atoms with Crippen molar-refractivity contribution < 1.29 is 23.8 Å². The minimum atomic E-state index is -1.74. The number of aliphatic hydroxyl groups excluding tert-OH is 1. The first-order chi connectivity index (χ1) is 21.6. The Bertz CT molecular complexity index is 1690. The van der Waals surface area contributed by atoms with E-state index in [2.05, 4.69) is 11.2 Å². The Kier molecular flexibility index (Phi) is 9.45. The Morgan fingerprint density at radius 3 is 1.80 bits per heavy atom. The highest BCUT2D eigenvalue weighted by molar-refractivity contribution is 8.00. The van der Waals surface area contributed by atoms with Gasteiger partial charge in [-0.3, -0.25) is 15.0 Å². The van der Waals surface area contributed by atoms with E-state index in [9.17, 15) is 19.1 Å². The van der Waals surface area contributed by atoms with Crippen LogP contribution in [0.1, 0.15) is 37.5 Å². The second-order valence-electron chi connectivity index (χ2n) is 11.7. The minimum absolute atomic E-state index is 0.0579. The van der Waals surface area contributed by atoms with Crippen molar-refractivity contribution in [3.63, 3.8) is 0 Å². The number of nitrogens with zero attached hydrogens (tertiary/aromatic N) is 1. The second-order valence-corrected chi connectivity index (χ2v) is 12.8. The monoisotopic (exact) mass is 622 g/mol. The molecule has 230 valence electrons. The molecule has 8 heteroatoms. The van der Waals surface area contributed by atoms with Gasteiger partial charge in [0.2, 0.25) is 12.1 Å². The van der Waals surface area contributed by atoms with Crippen LogP contribution < -0.4 is 5.32 Å². The molecular weight excluding hydrogens is 587 g/mol. The molecule has 0 bridgehead atoms. The average Bonchev–Trinajstić information content (AvgIpc) is 3.03. The molecule has 3 unspecified atom stereocenters. The third kappa shape index (κ3) is 6.52. The summed E-state index contributed by atoms with van der Waals surface area (Å²) >= 11 is 1.31. The zero-order valence-electron chi connectivity index (χ0n) is 25.3. The summed E-state index contributed by atoms with van der Waals surface area (Å²) in [5, 5.41) is 15.8. The quantitative estimate of drug-likeness (QED) is 0.0971. The summed E-state index contributed by atoms with van der Waals surface area (Å²) in [5.74, 6) is 1.53. The van der Waals surface area contributed by atoms with Crippen LogP contribution in [0.15, 0.2) is 109 Å². The van der Waals surface area contributed by atoms with E-state index in [1.807, 2.05) is 97.1 Å². The van der Waals surface area contributed by atoms with Gasteiger partial charge in [0.05, 0.1) is 11.3 Å². The first-order valence-electron chi connectivity index (χ1n) is 14.6. The Balaban J connectivity index is 0.000000496. The molecule has 6 nitrogen and oxygen atoms in total. The van der Waals surface area contributed by atoms with Gasteiger partial charge >= 0.3 is 5.97 Å². The zero-order valence-corrected chi connectivity index (χ0v) is 26.1. The predicted octanol–water partition coefficient (Wildman–Crippen LogP) is 5.56. The fourth-order valence-corrected chi connectivity index (χ4v) is 6.47. The Hall–Kier alpha value is -4.42. The lowest BCUT2D eigenvalue weighted by Gasteiger charge is -2.52. The van der Waals surface area contributed by atoms with Crippen molar-refractivity contribution in [2.24, 2.45) is 0 Å². The smallest absolute Gasteiger partial charge is 0.357 e. The van der Waals surface area contributed by atoms with Crippen LogP contribution in [0.2, 0.25) is 0 Å². The number of likely N-dealkylation sites (tertiary alicyclic amines) is 1. The van der Waals surface area contributed by atoms with Gasteiger partial charge in [0.15, 0.2) is 0 Å². The van der Waals surface area contributed by atoms with Crippen LogP contribution >= 0.6 is 11.8 Å². The van der Waals surface area contributed by atoms with Gasteiger partial charge < -0.3 is 9.84 Å². The fourth-order valence-electron chi connectivity index (χ4n) is 5.45. The SMILES string of the molecule is C#CCSC1C(NC(c2ccccc2)(c2ccccc2)c2ccccc2)C(=O)N1C(O)C(=O)OC(C)(C)C.Fc1cc2ccc1=2. The highest BCUT2D eigenvalue weighted by atomic mass is 32.2. The maximum absolute atomic E-state index is 13.6. The van der Waals surface area contributed by atoms with Gasteiger partial charge in [-0.15, -0.1) is 18.2 Å². The van der Waals surface area contributed by atoms with Crippen molar-refractivity contribution in [1.29, 1.82) is 0 Å². The number of thioether (sulfide) groups is 1. The van der Waals surface area contributed by atoms with E-state index in [4.69, 9.17) is 11.2 Å². The molecule has 1 fully saturated rings. The number of halogens is 1. The van der Waals surface area contributed by atoms with Crippen LogP contribution in [0.25, 0.3) is 0 Å². The van der Waals surface area contributed by atoms with Gasteiger partial charge in [0, 0.05) is 5.22 Å². The summed E-state index contributed by atoms with van der Waals surface area (Å²) in [6, 6.07) is 34.2. The van der Waals surface area contributed by atoms with Crippen molar-refractivity contribution in [1.82, 2.24) is 10.2 Å². The minimum Gasteiger partial charge on any atom is -0.457 e. The molecule has 6 rings (SSSR count). The van der Waals surface area contributed by atoms with Crippen molar-refractivity contribution in [2.45, 2.75) is 49.6 Å². The molecule has 3 atom stereocenters. The Morgan fingerprint density at radius 2 is 1.47 bits per heavy atom. The Morgan fingerprint density at radius 1 is 0.956 bits per heavy atom. The van der Waals surface area contributed by atoms with Crippen LogP contribution in [0, 0.1) is 28.6 Å². The summed E-state index contributed by atoms with van der Waals surface area (Å²) in [6.45, 7) is 5.12. The number of aliphatic hydroxyl groups is 1. The molecule has 0 radical (unpaired) electrons. The lowest BCUT2D eigenvalue weighted by atomic mass is 9.76. The van der Waals surface area contributed by atoms with Crippen molar-refractivity contribution in [3.8, 4) is 12.3 Å². The summed E-state index contributed by atoms with van der Waals surface area (Å²) in [5.41, 5.74) is 1.11. The normalized spacial score (nSPS) is 17.2. The van der Waals surface area contributed by atoms with Gasteiger partial charge in [0.25, 0.3) is 0 Å². The molecule has 3 aliphatic rings. The highest BCUT2D eigenvalue weighted by Crippen LogP contribution is 2.41.